The van der Waals surface area contributed by atoms with Crippen LogP contribution in [0.4, 0.5) is 4.79 Å². The van der Waals surface area contributed by atoms with Crippen LogP contribution < -0.4 is 20.1 Å². The number of hydrogen-bond donors (Lipinski definition) is 2. The Balaban J connectivity index is 1.69. The van der Waals surface area contributed by atoms with Crippen molar-refractivity contribution >= 4 is 17.9 Å². The molecule has 2 N–H and O–H groups in total. The molecule has 0 unspecified atom stereocenters. The molecular weight excluding hydrogens is 376 g/mol. The molecule has 0 heterocycles. The van der Waals surface area contributed by atoms with Crippen molar-refractivity contribution in [3.05, 3.63) is 54.6 Å². The van der Waals surface area contributed by atoms with Gasteiger partial charge in [-0.1, -0.05) is 18.2 Å². The van der Waals surface area contributed by atoms with Crippen molar-refractivity contribution < 1.29 is 28.6 Å². The van der Waals surface area contributed by atoms with Gasteiger partial charge in [0.15, 0.2) is 13.2 Å². The van der Waals surface area contributed by atoms with Crippen molar-refractivity contribution in [1.82, 2.24) is 10.6 Å². The van der Waals surface area contributed by atoms with E-state index >= 15 is 0 Å². The normalized spacial score (nSPS) is 10.6. The average molecular weight is 400 g/mol. The molecule has 2 rings (SSSR count). The quantitative estimate of drug-likeness (QED) is 0.693. The number of amides is 3. The summed E-state index contributed by atoms with van der Waals surface area (Å²) in [5.41, 5.74) is -0.490. The van der Waals surface area contributed by atoms with Gasteiger partial charge in [-0.05, 0) is 57.2 Å². The Morgan fingerprint density at radius 1 is 0.828 bits per heavy atom. The Morgan fingerprint density at radius 3 is 2.03 bits per heavy atom. The van der Waals surface area contributed by atoms with Crippen molar-refractivity contribution in [2.45, 2.75) is 26.3 Å². The molecule has 0 aliphatic heterocycles. The smallest absolute Gasteiger partial charge is 0.344 e. The molecule has 8 heteroatoms. The number of para-hydroxylation sites is 1. The Kier molecular flexibility index (Phi) is 7.59. The summed E-state index contributed by atoms with van der Waals surface area (Å²) in [6.45, 7) is 4.36. The molecule has 8 nitrogen and oxygen atoms in total. The van der Waals surface area contributed by atoms with E-state index in [0.29, 0.717) is 17.2 Å². The van der Waals surface area contributed by atoms with Gasteiger partial charge in [-0.15, -0.1) is 0 Å². The summed E-state index contributed by atoms with van der Waals surface area (Å²) in [6, 6.07) is 15.4. The molecule has 3 amide bonds. The molecule has 0 saturated carbocycles. The van der Waals surface area contributed by atoms with Gasteiger partial charge in [0.2, 0.25) is 0 Å². The molecule has 0 radical (unpaired) electrons. The highest BCUT2D eigenvalue weighted by molar-refractivity contribution is 5.95. The molecular formula is C21H24N2O6. The zero-order valence-corrected chi connectivity index (χ0v) is 16.6. The maximum Gasteiger partial charge on any atom is 0.344 e. The summed E-state index contributed by atoms with van der Waals surface area (Å²) < 4.78 is 15.8. The van der Waals surface area contributed by atoms with Crippen molar-refractivity contribution in [3.8, 4) is 17.2 Å². The van der Waals surface area contributed by atoms with Gasteiger partial charge in [0.1, 0.15) is 17.2 Å². The van der Waals surface area contributed by atoms with Gasteiger partial charge in [0.25, 0.3) is 5.91 Å². The van der Waals surface area contributed by atoms with Crippen molar-refractivity contribution in [2.24, 2.45) is 0 Å². The van der Waals surface area contributed by atoms with Gasteiger partial charge >= 0.3 is 12.0 Å². The standard InChI is InChI=1S/C21H24N2O6/c1-21(2,3)23-20(26)22-18(24)13-28-19(25)14-27-15-9-11-17(12-10-15)29-16-7-5-4-6-8-16/h4-12H,13-14H2,1-3H3,(H2,22,23,24,26). The summed E-state index contributed by atoms with van der Waals surface area (Å²) in [5.74, 6) is 0.301. The van der Waals surface area contributed by atoms with E-state index in [-0.39, 0.29) is 6.61 Å². The van der Waals surface area contributed by atoms with Crippen LogP contribution >= 0.6 is 0 Å². The minimum Gasteiger partial charge on any atom is -0.482 e. The van der Waals surface area contributed by atoms with E-state index in [1.54, 1.807) is 45.0 Å². The molecule has 0 aromatic heterocycles. The molecule has 154 valence electrons. The van der Waals surface area contributed by atoms with Crippen LogP contribution in [0.1, 0.15) is 20.8 Å². The molecule has 0 saturated heterocycles. The summed E-state index contributed by atoms with van der Waals surface area (Å²) in [4.78, 5) is 34.8. The molecule has 2 aromatic carbocycles. The van der Waals surface area contributed by atoms with Crippen LogP contribution in [-0.2, 0) is 14.3 Å². The predicted octanol–water partition coefficient (Wildman–Crippen LogP) is 3.03. The largest absolute Gasteiger partial charge is 0.482 e. The molecule has 29 heavy (non-hydrogen) atoms. The Hall–Kier alpha value is -3.55. The fourth-order valence-electron chi connectivity index (χ4n) is 2.09. The lowest BCUT2D eigenvalue weighted by atomic mass is 10.1. The monoisotopic (exact) mass is 400 g/mol. The van der Waals surface area contributed by atoms with Crippen LogP contribution in [0.2, 0.25) is 0 Å². The van der Waals surface area contributed by atoms with E-state index in [1.165, 1.54) is 0 Å². The zero-order valence-electron chi connectivity index (χ0n) is 16.6. The number of rotatable bonds is 7. The molecule has 2 aromatic rings. The number of ether oxygens (including phenoxy) is 3. The first kappa shape index (κ1) is 21.7. The highest BCUT2D eigenvalue weighted by atomic mass is 16.6. The summed E-state index contributed by atoms with van der Waals surface area (Å²) in [6.07, 6.45) is 0. The van der Waals surface area contributed by atoms with E-state index in [9.17, 15) is 14.4 Å². The number of imide groups is 1. The third kappa shape index (κ3) is 8.79. The fraction of sp³-hybridized carbons (Fsp3) is 0.286. The van der Waals surface area contributed by atoms with E-state index in [4.69, 9.17) is 14.2 Å². The minimum atomic E-state index is -0.735. The predicted molar refractivity (Wildman–Crippen MR) is 106 cm³/mol. The maximum atomic E-state index is 11.7. The SMILES string of the molecule is CC(C)(C)NC(=O)NC(=O)COC(=O)COc1ccc(Oc2ccccc2)cc1. The summed E-state index contributed by atoms with van der Waals surface area (Å²) in [5, 5.41) is 4.63. The van der Waals surface area contributed by atoms with Crippen molar-refractivity contribution in [3.63, 3.8) is 0 Å². The third-order valence-electron chi connectivity index (χ3n) is 3.27. The van der Waals surface area contributed by atoms with Crippen molar-refractivity contribution in [1.29, 1.82) is 0 Å². The summed E-state index contributed by atoms with van der Waals surface area (Å²) >= 11 is 0. The minimum absolute atomic E-state index is 0.375. The Morgan fingerprint density at radius 2 is 1.41 bits per heavy atom. The third-order valence-corrected chi connectivity index (χ3v) is 3.27. The van der Waals surface area contributed by atoms with E-state index in [1.807, 2.05) is 30.3 Å². The first-order valence-corrected chi connectivity index (χ1v) is 8.95. The number of carbonyl (C=O) groups excluding carboxylic acids is 3. The van der Waals surface area contributed by atoms with Crippen LogP contribution in [0.3, 0.4) is 0 Å². The van der Waals surface area contributed by atoms with Crippen LogP contribution in [0.25, 0.3) is 0 Å². The van der Waals surface area contributed by atoms with Crippen molar-refractivity contribution in [2.75, 3.05) is 13.2 Å². The van der Waals surface area contributed by atoms with Crippen LogP contribution in [0.15, 0.2) is 54.6 Å². The molecule has 0 bridgehead atoms. The highest BCUT2D eigenvalue weighted by Gasteiger charge is 2.16. The second-order valence-electron chi connectivity index (χ2n) is 7.09. The molecule has 0 spiro atoms. The van der Waals surface area contributed by atoms with Crippen LogP contribution in [0, 0.1) is 0 Å². The number of hydrogen-bond acceptors (Lipinski definition) is 6. The average Bonchev–Trinajstić information content (AvgIpc) is 2.65. The topological polar surface area (TPSA) is 103 Å². The van der Waals surface area contributed by atoms with Gasteiger partial charge in [0, 0.05) is 5.54 Å². The first-order valence-electron chi connectivity index (χ1n) is 8.95. The second kappa shape index (κ2) is 10.1. The molecule has 0 atom stereocenters. The number of esters is 1. The molecule has 0 fully saturated rings. The van der Waals surface area contributed by atoms with E-state index in [0.717, 1.165) is 0 Å². The van der Waals surface area contributed by atoms with Gasteiger partial charge in [0.05, 0.1) is 0 Å². The Bertz CT molecular complexity index is 828. The van der Waals surface area contributed by atoms with Gasteiger partial charge in [-0.3, -0.25) is 10.1 Å². The fourth-order valence-corrected chi connectivity index (χ4v) is 2.09. The lowest BCUT2D eigenvalue weighted by Crippen LogP contribution is -2.49. The number of nitrogens with one attached hydrogen (secondary N) is 2. The lowest BCUT2D eigenvalue weighted by molar-refractivity contribution is -0.150. The van der Waals surface area contributed by atoms with Gasteiger partial charge < -0.3 is 19.5 Å². The highest BCUT2D eigenvalue weighted by Crippen LogP contribution is 2.23. The second-order valence-corrected chi connectivity index (χ2v) is 7.09. The maximum absolute atomic E-state index is 11.7. The number of urea groups is 1. The van der Waals surface area contributed by atoms with E-state index in [2.05, 4.69) is 10.6 Å². The number of benzene rings is 2. The Labute approximate surface area is 169 Å². The number of carbonyl (C=O) groups is 3. The van der Waals surface area contributed by atoms with Gasteiger partial charge in [-0.25, -0.2) is 9.59 Å². The molecule has 0 aliphatic carbocycles. The van der Waals surface area contributed by atoms with Crippen LogP contribution in [0.5, 0.6) is 17.2 Å². The molecule has 0 aliphatic rings. The van der Waals surface area contributed by atoms with Gasteiger partial charge in [-0.2, -0.15) is 0 Å². The first-order chi connectivity index (χ1) is 13.7. The van der Waals surface area contributed by atoms with E-state index < -0.39 is 30.1 Å². The van der Waals surface area contributed by atoms with Crippen LogP contribution in [-0.4, -0.2) is 36.7 Å². The zero-order chi connectivity index (χ0) is 21.3. The lowest BCUT2D eigenvalue weighted by Gasteiger charge is -2.20. The summed E-state index contributed by atoms with van der Waals surface area (Å²) in [7, 11) is 0.